The predicted octanol–water partition coefficient (Wildman–Crippen LogP) is 5.17. The molecule has 0 saturated carbocycles. The Kier molecular flexibility index (Phi) is 10.9. The van der Waals surface area contributed by atoms with Crippen molar-refractivity contribution < 1.29 is 50.6 Å². The quantitative estimate of drug-likeness (QED) is 0.119. The molecule has 1 aliphatic heterocycles. The minimum Gasteiger partial charge on any atom is -0.478 e. The lowest BCUT2D eigenvalue weighted by atomic mass is 10.1. The first-order chi connectivity index (χ1) is 19.3. The number of H-pyrrole nitrogens is 1. The standard InChI is InChI=1S/C13H10F3N3O2.C9H8F3NS.C4H2O3/c1-7-4-8(6-9(5-7)13(14,15)16)12-17-10(18-19-12)2-3-11(20)21;1-5-2-6(8(13)14)4-7(3-5)9(10,11)12;5-3-1-2-4(6)7-3/h2-6H,1H3,(H,20,21)(H,17,18,19);2-4H,1H3,(H2,13,14);1-2H/b3-2-;;. The molecule has 0 unspecified atom stereocenters. The van der Waals surface area contributed by atoms with Crippen LogP contribution < -0.4 is 5.73 Å². The van der Waals surface area contributed by atoms with E-state index in [1.54, 1.807) is 6.92 Å². The molecule has 0 fully saturated rings. The maximum absolute atomic E-state index is 12.8. The van der Waals surface area contributed by atoms with Gasteiger partial charge in [0.25, 0.3) is 0 Å². The molecule has 4 rings (SSSR count). The zero-order valence-electron chi connectivity index (χ0n) is 21.5. The van der Waals surface area contributed by atoms with E-state index in [0.29, 0.717) is 11.1 Å². The first-order valence-electron chi connectivity index (χ1n) is 11.3. The second-order valence-corrected chi connectivity index (χ2v) is 8.76. The fourth-order valence-electron chi connectivity index (χ4n) is 3.10. The summed E-state index contributed by atoms with van der Waals surface area (Å²) < 4.78 is 79.2. The maximum atomic E-state index is 12.8. The summed E-state index contributed by atoms with van der Waals surface area (Å²) in [6, 6.07) is 7.03. The Bertz CT molecular complexity index is 1550. The molecule has 2 aromatic carbocycles. The molecular formula is C26H20F6N4O5S. The number of aromatic amines is 1. The van der Waals surface area contributed by atoms with Crippen LogP contribution in [-0.2, 0) is 31.5 Å². The van der Waals surface area contributed by atoms with E-state index in [9.17, 15) is 40.7 Å². The van der Waals surface area contributed by atoms with E-state index in [1.807, 2.05) is 0 Å². The molecule has 0 amide bonds. The molecule has 222 valence electrons. The van der Waals surface area contributed by atoms with E-state index >= 15 is 0 Å². The summed E-state index contributed by atoms with van der Waals surface area (Å²) in [5, 5.41) is 14.7. The minimum atomic E-state index is -4.46. The Morgan fingerprint density at radius 2 is 1.45 bits per heavy atom. The van der Waals surface area contributed by atoms with Gasteiger partial charge in [-0.1, -0.05) is 12.2 Å². The number of benzene rings is 2. The third-order valence-electron chi connectivity index (χ3n) is 4.80. The number of ether oxygens (including phenoxy) is 1. The highest BCUT2D eigenvalue weighted by molar-refractivity contribution is 7.80. The lowest BCUT2D eigenvalue weighted by Gasteiger charge is -2.09. The number of rotatable bonds is 4. The van der Waals surface area contributed by atoms with E-state index in [4.69, 9.17) is 10.8 Å². The summed E-state index contributed by atoms with van der Waals surface area (Å²) in [5.74, 6) is -2.12. The van der Waals surface area contributed by atoms with Crippen LogP contribution >= 0.6 is 12.2 Å². The predicted molar refractivity (Wildman–Crippen MR) is 141 cm³/mol. The number of halogens is 6. The average Bonchev–Trinajstić information content (AvgIpc) is 3.50. The van der Waals surface area contributed by atoms with Gasteiger partial charge in [0.2, 0.25) is 0 Å². The van der Waals surface area contributed by atoms with Gasteiger partial charge in [-0.15, -0.1) is 0 Å². The lowest BCUT2D eigenvalue weighted by Crippen LogP contribution is -2.12. The number of hydrogen-bond donors (Lipinski definition) is 3. The highest BCUT2D eigenvalue weighted by Gasteiger charge is 2.32. The van der Waals surface area contributed by atoms with E-state index in [1.165, 1.54) is 25.1 Å². The SMILES string of the molecule is Cc1cc(-c2n[nH]c(/C=C\C(=O)O)n2)cc(C(F)(F)F)c1.Cc1cc(C(N)=S)cc(C(F)(F)F)c1.O=C1C=CC(=O)O1. The number of thiocarbonyl (C=S) groups is 1. The Balaban J connectivity index is 0.000000250. The fourth-order valence-corrected chi connectivity index (χ4v) is 3.21. The third-order valence-corrected chi connectivity index (χ3v) is 5.03. The van der Waals surface area contributed by atoms with Gasteiger partial charge in [0.05, 0.1) is 11.1 Å². The van der Waals surface area contributed by atoms with Crippen LogP contribution in [0.3, 0.4) is 0 Å². The molecule has 9 nitrogen and oxygen atoms in total. The zero-order chi connectivity index (χ0) is 31.8. The van der Waals surface area contributed by atoms with Crippen molar-refractivity contribution in [2.45, 2.75) is 26.2 Å². The molecule has 0 saturated heterocycles. The van der Waals surface area contributed by atoms with Crippen LogP contribution in [0.25, 0.3) is 17.5 Å². The van der Waals surface area contributed by atoms with Crippen molar-refractivity contribution in [2.75, 3.05) is 0 Å². The number of carboxylic acid groups (broad SMARTS) is 1. The van der Waals surface area contributed by atoms with Crippen LogP contribution in [0, 0.1) is 13.8 Å². The molecule has 16 heteroatoms. The fraction of sp³-hybridized carbons (Fsp3) is 0.154. The number of nitrogens with zero attached hydrogens (tertiary/aromatic N) is 2. The van der Waals surface area contributed by atoms with Crippen LogP contribution in [0.4, 0.5) is 26.3 Å². The van der Waals surface area contributed by atoms with Gasteiger partial charge in [-0.25, -0.2) is 19.4 Å². The van der Waals surface area contributed by atoms with Crippen molar-refractivity contribution in [2.24, 2.45) is 5.73 Å². The number of carboxylic acids is 1. The van der Waals surface area contributed by atoms with E-state index < -0.39 is 41.4 Å². The monoisotopic (exact) mass is 614 g/mol. The number of nitrogens with one attached hydrogen (secondary N) is 1. The molecule has 4 N–H and O–H groups in total. The molecule has 1 aromatic heterocycles. The number of alkyl halides is 6. The largest absolute Gasteiger partial charge is 0.478 e. The smallest absolute Gasteiger partial charge is 0.416 e. The summed E-state index contributed by atoms with van der Waals surface area (Å²) in [4.78, 5) is 34.1. The molecule has 0 spiro atoms. The molecule has 3 aromatic rings. The van der Waals surface area contributed by atoms with Crippen molar-refractivity contribution in [3.8, 4) is 11.4 Å². The molecule has 2 heterocycles. The van der Waals surface area contributed by atoms with Gasteiger partial charge < -0.3 is 15.6 Å². The van der Waals surface area contributed by atoms with Crippen LogP contribution in [0.1, 0.15) is 33.6 Å². The van der Waals surface area contributed by atoms with Gasteiger partial charge in [0.1, 0.15) is 10.8 Å². The second kappa shape index (κ2) is 13.7. The number of nitrogens with two attached hydrogens (primary N) is 1. The van der Waals surface area contributed by atoms with Crippen LogP contribution in [-0.4, -0.2) is 43.2 Å². The first kappa shape index (κ1) is 33.3. The first-order valence-corrected chi connectivity index (χ1v) is 11.7. The summed E-state index contributed by atoms with van der Waals surface area (Å²) in [7, 11) is 0. The minimum absolute atomic E-state index is 0.0285. The third kappa shape index (κ3) is 10.6. The Morgan fingerprint density at radius 1 is 0.929 bits per heavy atom. The summed E-state index contributed by atoms with van der Waals surface area (Å²) in [6.07, 6.45) is -4.62. The number of aliphatic carboxylic acids is 1. The molecule has 0 atom stereocenters. The number of aromatic nitrogens is 3. The average molecular weight is 615 g/mol. The highest BCUT2D eigenvalue weighted by Crippen LogP contribution is 2.33. The molecule has 0 radical (unpaired) electrons. The normalized spacial score (nSPS) is 12.8. The van der Waals surface area contributed by atoms with Crippen molar-refractivity contribution in [3.05, 3.63) is 88.3 Å². The number of esters is 2. The van der Waals surface area contributed by atoms with Crippen LogP contribution in [0.2, 0.25) is 0 Å². The summed E-state index contributed by atoms with van der Waals surface area (Å²) >= 11 is 4.61. The van der Waals surface area contributed by atoms with Gasteiger partial charge in [-0.2, -0.15) is 31.4 Å². The van der Waals surface area contributed by atoms with E-state index in [-0.39, 0.29) is 27.8 Å². The molecular weight excluding hydrogens is 594 g/mol. The Labute approximate surface area is 238 Å². The lowest BCUT2D eigenvalue weighted by molar-refractivity contribution is -0.150. The number of carbonyl (C=O) groups is 3. The van der Waals surface area contributed by atoms with E-state index in [0.717, 1.165) is 42.5 Å². The second-order valence-electron chi connectivity index (χ2n) is 8.32. The molecule has 42 heavy (non-hydrogen) atoms. The number of aryl methyl sites for hydroxylation is 2. The number of cyclic esters (lactones) is 2. The summed E-state index contributed by atoms with van der Waals surface area (Å²) in [6.45, 7) is 3.10. The number of hydrogen-bond acceptors (Lipinski definition) is 7. The van der Waals surface area contributed by atoms with Crippen molar-refractivity contribution in [1.29, 1.82) is 0 Å². The molecule has 0 bridgehead atoms. The van der Waals surface area contributed by atoms with E-state index in [2.05, 4.69) is 32.1 Å². The topological polar surface area (TPSA) is 148 Å². The number of carbonyl (C=O) groups excluding carboxylic acids is 2. The van der Waals surface area contributed by atoms with Gasteiger partial charge in [0.15, 0.2) is 5.82 Å². The van der Waals surface area contributed by atoms with Crippen molar-refractivity contribution in [3.63, 3.8) is 0 Å². The van der Waals surface area contributed by atoms with Gasteiger partial charge >= 0.3 is 30.3 Å². The molecule has 1 aliphatic rings. The van der Waals surface area contributed by atoms with Gasteiger partial charge in [-0.05, 0) is 67.4 Å². The Hall–Kier alpha value is -4.86. The summed E-state index contributed by atoms with van der Waals surface area (Å²) in [5.41, 5.74) is 5.11. The van der Waals surface area contributed by atoms with Gasteiger partial charge in [-0.3, -0.25) is 5.10 Å². The van der Waals surface area contributed by atoms with Crippen LogP contribution in [0.15, 0.2) is 54.6 Å². The zero-order valence-corrected chi connectivity index (χ0v) is 22.3. The van der Waals surface area contributed by atoms with Gasteiger partial charge in [0, 0.05) is 29.4 Å². The maximum Gasteiger partial charge on any atom is 0.416 e. The van der Waals surface area contributed by atoms with Crippen molar-refractivity contribution >= 4 is 41.2 Å². The Morgan fingerprint density at radius 3 is 1.90 bits per heavy atom. The van der Waals surface area contributed by atoms with Crippen LogP contribution in [0.5, 0.6) is 0 Å². The molecule has 0 aliphatic carbocycles. The highest BCUT2D eigenvalue weighted by atomic mass is 32.1. The van der Waals surface area contributed by atoms with Crippen molar-refractivity contribution in [1.82, 2.24) is 15.2 Å².